The molecule has 0 aliphatic carbocycles. The minimum Gasteiger partial charge on any atom is -0.415 e. The summed E-state index contributed by atoms with van der Waals surface area (Å²) < 4.78 is 4.50. The summed E-state index contributed by atoms with van der Waals surface area (Å²) in [6.45, 7) is 1.82. The van der Waals surface area contributed by atoms with E-state index in [1.54, 1.807) is 5.32 Å². The molecule has 0 heterocycles. The van der Waals surface area contributed by atoms with E-state index in [1.807, 2.05) is 7.05 Å². The number of hydrogen-bond donors (Lipinski definition) is 1. The monoisotopic (exact) mass is 136 g/mol. The van der Waals surface area contributed by atoms with Crippen LogP contribution in [-0.4, -0.2) is 19.7 Å². The van der Waals surface area contributed by atoms with Crippen LogP contribution in [0.5, 0.6) is 0 Å². The summed E-state index contributed by atoms with van der Waals surface area (Å²) in [5.74, 6) is -0.224. The zero-order valence-corrected chi connectivity index (χ0v) is 4.60. The average Bonchev–Trinajstić information content (AvgIpc) is 1.61. The molecule has 0 amide bonds. The van der Waals surface area contributed by atoms with Gasteiger partial charge in [-0.2, -0.15) is 0 Å². The van der Waals surface area contributed by atoms with Gasteiger partial charge in [0.25, 0.3) is 0 Å². The van der Waals surface area contributed by atoms with E-state index in [2.05, 4.69) is 4.74 Å². The van der Waals surface area contributed by atoms with Crippen LogP contribution in [0.25, 0.3) is 0 Å². The molecule has 0 bridgehead atoms. The molecule has 0 aromatic carbocycles. The smallest absolute Gasteiger partial charge is 0.306 e. The summed E-state index contributed by atoms with van der Waals surface area (Å²) in [7, 11) is 1.84. The average molecular weight is 136 g/mol. The first kappa shape index (κ1) is 15.8. The first-order valence-electron chi connectivity index (χ1n) is 2.18. The third kappa shape index (κ3) is 18.6. The van der Waals surface area contributed by atoms with Gasteiger partial charge in [0.1, 0.15) is 0 Å². The minimum absolute atomic E-state index is 0. The fourth-order valence-corrected chi connectivity index (χ4v) is 0.201. The number of nitrogens with two attached hydrogens (primary N) is 1. The highest BCUT2D eigenvalue weighted by Crippen LogP contribution is 1.64. The van der Waals surface area contributed by atoms with Gasteiger partial charge in [0, 0.05) is 6.92 Å². The molecule has 0 unspecified atom stereocenters. The molecule has 0 atom stereocenters. The molecule has 3 heteroatoms. The lowest BCUT2D eigenvalue weighted by Crippen LogP contribution is -2.80. The molecule has 9 heavy (non-hydrogen) atoms. The summed E-state index contributed by atoms with van der Waals surface area (Å²) in [5.41, 5.74) is 0. The molecule has 58 valence electrons. The van der Waals surface area contributed by atoms with Crippen molar-refractivity contribution in [1.29, 1.82) is 0 Å². The second-order valence-electron chi connectivity index (χ2n) is 1.21. The van der Waals surface area contributed by atoms with E-state index in [4.69, 9.17) is 0 Å². The topological polar surface area (TPSA) is 42.9 Å². The lowest BCUT2D eigenvalue weighted by atomic mass is 10.8. The van der Waals surface area contributed by atoms with E-state index in [9.17, 15) is 4.79 Å². The Hall–Kier alpha value is -0.570. The number of hydrogen-bond acceptors (Lipinski definition) is 2. The molecular weight excluding hydrogens is 118 g/mol. The van der Waals surface area contributed by atoms with Gasteiger partial charge in [0.2, 0.25) is 6.73 Å². The quantitative estimate of drug-likeness (QED) is 0.428. The lowest BCUT2D eigenvalue weighted by Gasteiger charge is -1.92. The fraction of sp³-hybridized carbons (Fsp3) is 0.833. The van der Waals surface area contributed by atoms with Gasteiger partial charge in [-0.15, -0.1) is 0 Å². The van der Waals surface area contributed by atoms with Crippen LogP contribution in [0, 0.1) is 0 Å². The van der Waals surface area contributed by atoms with Crippen molar-refractivity contribution in [1.82, 2.24) is 0 Å². The number of esters is 1. The summed E-state index contributed by atoms with van der Waals surface area (Å²) in [6, 6.07) is 0. The number of carbonyl (C=O) groups is 1. The molecule has 0 aromatic heterocycles. The van der Waals surface area contributed by atoms with Crippen molar-refractivity contribution in [3.63, 3.8) is 0 Å². The van der Waals surface area contributed by atoms with E-state index in [0.717, 1.165) is 0 Å². The van der Waals surface area contributed by atoms with E-state index >= 15 is 0 Å². The van der Waals surface area contributed by atoms with E-state index < -0.39 is 0 Å². The number of quaternary nitrogens is 1. The molecule has 0 aliphatic rings. The zero-order chi connectivity index (χ0) is 5.70. The first-order chi connectivity index (χ1) is 3.27. The highest BCUT2D eigenvalue weighted by molar-refractivity contribution is 5.65. The predicted molar refractivity (Wildman–Crippen MR) is 37.9 cm³/mol. The van der Waals surface area contributed by atoms with Gasteiger partial charge in [-0.1, -0.05) is 14.9 Å². The van der Waals surface area contributed by atoms with Gasteiger partial charge in [-0.25, -0.2) is 0 Å². The first-order valence-corrected chi connectivity index (χ1v) is 2.18. The zero-order valence-electron chi connectivity index (χ0n) is 4.60. The lowest BCUT2D eigenvalue weighted by molar-refractivity contribution is -0.656. The molecule has 0 radical (unpaired) electrons. The maximum Gasteiger partial charge on any atom is 0.306 e. The van der Waals surface area contributed by atoms with Crippen molar-refractivity contribution in [3.8, 4) is 0 Å². The van der Waals surface area contributed by atoms with E-state index in [-0.39, 0.29) is 20.8 Å². The molecule has 0 saturated heterocycles. The van der Waals surface area contributed by atoms with Crippen LogP contribution in [-0.2, 0) is 9.53 Å². The number of ether oxygens (including phenoxy) is 1. The molecule has 0 spiro atoms. The summed E-state index contributed by atoms with van der Waals surface area (Å²) in [6.07, 6.45) is 0. The van der Waals surface area contributed by atoms with E-state index in [0.29, 0.717) is 6.73 Å². The Morgan fingerprint density at radius 2 is 2.00 bits per heavy atom. The SMILES string of the molecule is C.C.C[NH2+]COC(C)=O. The van der Waals surface area contributed by atoms with Crippen molar-refractivity contribution >= 4 is 5.97 Å². The van der Waals surface area contributed by atoms with Gasteiger partial charge >= 0.3 is 5.97 Å². The van der Waals surface area contributed by atoms with Gasteiger partial charge in [-0.05, 0) is 0 Å². The van der Waals surface area contributed by atoms with Crippen molar-refractivity contribution in [2.45, 2.75) is 21.8 Å². The number of rotatable bonds is 2. The highest BCUT2D eigenvalue weighted by atomic mass is 16.5. The molecule has 0 aromatic rings. The van der Waals surface area contributed by atoms with Crippen LogP contribution in [0.15, 0.2) is 0 Å². The second-order valence-corrected chi connectivity index (χ2v) is 1.21. The van der Waals surface area contributed by atoms with Crippen LogP contribution in [0.1, 0.15) is 21.8 Å². The Bertz CT molecular complexity index is 64.1. The summed E-state index contributed by atoms with van der Waals surface area (Å²) >= 11 is 0. The highest BCUT2D eigenvalue weighted by Gasteiger charge is 1.86. The van der Waals surface area contributed by atoms with E-state index in [1.165, 1.54) is 6.92 Å². The Kier molecular flexibility index (Phi) is 18.3. The molecule has 3 nitrogen and oxygen atoms in total. The van der Waals surface area contributed by atoms with Gasteiger partial charge in [-0.3, -0.25) is 4.79 Å². The normalized spacial score (nSPS) is 6.44. The molecule has 0 fully saturated rings. The van der Waals surface area contributed by atoms with Crippen molar-refractivity contribution in [3.05, 3.63) is 0 Å². The van der Waals surface area contributed by atoms with Crippen LogP contribution in [0.3, 0.4) is 0 Å². The Morgan fingerprint density at radius 1 is 1.56 bits per heavy atom. The Balaban J connectivity index is -0.000000180. The Morgan fingerprint density at radius 3 is 2.11 bits per heavy atom. The predicted octanol–water partition coefficient (Wildman–Crippen LogP) is -0.0276. The summed E-state index contributed by atoms with van der Waals surface area (Å²) in [4.78, 5) is 9.96. The molecule has 0 saturated carbocycles. The van der Waals surface area contributed by atoms with Gasteiger partial charge in [0.15, 0.2) is 0 Å². The third-order valence-corrected chi connectivity index (χ3v) is 0.453. The van der Waals surface area contributed by atoms with Gasteiger partial charge < -0.3 is 10.1 Å². The van der Waals surface area contributed by atoms with Crippen molar-refractivity contribution in [2.75, 3.05) is 13.8 Å². The minimum atomic E-state index is -0.224. The standard InChI is InChI=1S/C4H9NO2.2CH4/c1-4(6)7-3-5-2;;/h5H,3H2,1-2H3;2*1H4/p+1. The molecule has 0 rings (SSSR count). The van der Waals surface area contributed by atoms with Crippen LogP contribution in [0.2, 0.25) is 0 Å². The largest absolute Gasteiger partial charge is 0.415 e. The van der Waals surface area contributed by atoms with Crippen LogP contribution >= 0.6 is 0 Å². The molecule has 0 aliphatic heterocycles. The van der Waals surface area contributed by atoms with Crippen LogP contribution < -0.4 is 5.32 Å². The van der Waals surface area contributed by atoms with Gasteiger partial charge in [0.05, 0.1) is 7.05 Å². The molecule has 2 N–H and O–H groups in total. The number of carbonyl (C=O) groups excluding carboxylic acids is 1. The van der Waals surface area contributed by atoms with Crippen molar-refractivity contribution < 1.29 is 14.8 Å². The maximum absolute atomic E-state index is 9.96. The Labute approximate surface area is 57.4 Å². The third-order valence-electron chi connectivity index (χ3n) is 0.453. The molecular formula is C6H18NO2+. The maximum atomic E-state index is 9.96. The fourth-order valence-electron chi connectivity index (χ4n) is 0.201. The summed E-state index contributed by atoms with van der Waals surface area (Å²) in [5, 5.41) is 1.78. The van der Waals surface area contributed by atoms with Crippen molar-refractivity contribution in [2.24, 2.45) is 0 Å². The second kappa shape index (κ2) is 10.4. The van der Waals surface area contributed by atoms with Crippen LogP contribution in [0.4, 0.5) is 0 Å².